The molecule has 0 unspecified atom stereocenters. The van der Waals surface area contributed by atoms with Crippen molar-refractivity contribution < 1.29 is 14.4 Å². The van der Waals surface area contributed by atoms with Gasteiger partial charge in [0.1, 0.15) is 0 Å². The number of benzene rings is 2. The predicted octanol–water partition coefficient (Wildman–Crippen LogP) is 2.64. The molecule has 1 fully saturated rings. The van der Waals surface area contributed by atoms with Crippen molar-refractivity contribution in [2.75, 3.05) is 18.0 Å². The molecule has 1 saturated heterocycles. The Morgan fingerprint density at radius 3 is 2.33 bits per heavy atom. The molecule has 0 N–H and O–H groups in total. The van der Waals surface area contributed by atoms with Gasteiger partial charge >= 0.3 is 0 Å². The van der Waals surface area contributed by atoms with Gasteiger partial charge in [0.05, 0.1) is 16.8 Å². The number of aryl methyl sites for hydroxylation is 1. The summed E-state index contributed by atoms with van der Waals surface area (Å²) in [6.07, 6.45) is 1.01. The Bertz CT molecular complexity index is 884. The molecule has 120 valence electrons. The van der Waals surface area contributed by atoms with E-state index in [-0.39, 0.29) is 17.7 Å². The van der Waals surface area contributed by atoms with Crippen LogP contribution in [0.2, 0.25) is 0 Å². The zero-order valence-electron chi connectivity index (χ0n) is 13.3. The lowest BCUT2D eigenvalue weighted by molar-refractivity contribution is 0.0651. The van der Waals surface area contributed by atoms with Crippen LogP contribution in [0.5, 0.6) is 0 Å². The number of hydrogen-bond acceptors (Lipinski definition) is 3. The fourth-order valence-corrected chi connectivity index (χ4v) is 3.11. The molecule has 0 spiro atoms. The number of likely N-dealkylation sites (tertiary alicyclic amines) is 1. The summed E-state index contributed by atoms with van der Waals surface area (Å²) in [5.41, 5.74) is 2.54. The maximum atomic E-state index is 12.8. The second-order valence-electron chi connectivity index (χ2n) is 6.14. The highest BCUT2D eigenvalue weighted by Crippen LogP contribution is 2.31. The van der Waals surface area contributed by atoms with Gasteiger partial charge < -0.3 is 4.90 Å². The molecule has 2 aliphatic rings. The van der Waals surface area contributed by atoms with Gasteiger partial charge in [-0.3, -0.25) is 14.4 Å². The van der Waals surface area contributed by atoms with Crippen molar-refractivity contribution in [1.82, 2.24) is 4.90 Å². The second kappa shape index (κ2) is 5.30. The van der Waals surface area contributed by atoms with Gasteiger partial charge in [0.25, 0.3) is 17.7 Å². The van der Waals surface area contributed by atoms with Crippen LogP contribution in [0.3, 0.4) is 0 Å². The number of anilines is 1. The van der Waals surface area contributed by atoms with E-state index in [1.165, 1.54) is 4.90 Å². The lowest BCUT2D eigenvalue weighted by Gasteiger charge is -2.30. The Morgan fingerprint density at radius 1 is 0.958 bits per heavy atom. The van der Waals surface area contributed by atoms with Crippen molar-refractivity contribution >= 4 is 23.4 Å². The lowest BCUT2D eigenvalue weighted by atomic mass is 10.0. The Labute approximate surface area is 139 Å². The molecule has 2 heterocycles. The summed E-state index contributed by atoms with van der Waals surface area (Å²) in [6, 6.07) is 12.0. The average molecular weight is 320 g/mol. The Balaban J connectivity index is 1.74. The molecule has 2 aromatic rings. The number of fused-ring (bicyclic) bond motifs is 1. The molecular weight excluding hydrogens is 304 g/mol. The van der Waals surface area contributed by atoms with Crippen LogP contribution in [0.15, 0.2) is 42.5 Å². The van der Waals surface area contributed by atoms with Gasteiger partial charge in [-0.15, -0.1) is 0 Å². The van der Waals surface area contributed by atoms with Crippen LogP contribution in [0.1, 0.15) is 43.1 Å². The zero-order valence-corrected chi connectivity index (χ0v) is 13.3. The molecule has 24 heavy (non-hydrogen) atoms. The van der Waals surface area contributed by atoms with E-state index in [0.29, 0.717) is 22.4 Å². The van der Waals surface area contributed by atoms with Gasteiger partial charge in [-0.2, -0.15) is 0 Å². The van der Waals surface area contributed by atoms with E-state index in [0.717, 1.165) is 25.1 Å². The van der Waals surface area contributed by atoms with Gasteiger partial charge in [0.2, 0.25) is 0 Å². The third-order valence-electron chi connectivity index (χ3n) is 4.63. The number of para-hydroxylation sites is 1. The van der Waals surface area contributed by atoms with Crippen LogP contribution in [0.25, 0.3) is 0 Å². The highest BCUT2D eigenvalue weighted by atomic mass is 16.2. The molecule has 0 saturated carbocycles. The van der Waals surface area contributed by atoms with Gasteiger partial charge in [0, 0.05) is 18.7 Å². The molecule has 5 nitrogen and oxygen atoms in total. The highest BCUT2D eigenvalue weighted by Gasteiger charge is 2.38. The van der Waals surface area contributed by atoms with Crippen molar-refractivity contribution in [3.05, 3.63) is 64.7 Å². The molecular formula is C19H16N2O3. The van der Waals surface area contributed by atoms with E-state index >= 15 is 0 Å². The van der Waals surface area contributed by atoms with Crippen molar-refractivity contribution in [1.29, 1.82) is 0 Å². The maximum Gasteiger partial charge on any atom is 0.266 e. The molecule has 0 aromatic heterocycles. The quantitative estimate of drug-likeness (QED) is 0.799. The van der Waals surface area contributed by atoms with Crippen LogP contribution in [-0.4, -0.2) is 35.7 Å². The largest absolute Gasteiger partial charge is 0.339 e. The summed E-state index contributed by atoms with van der Waals surface area (Å²) in [7, 11) is 0. The molecule has 0 aliphatic carbocycles. The summed E-state index contributed by atoms with van der Waals surface area (Å²) >= 11 is 0. The highest BCUT2D eigenvalue weighted by molar-refractivity contribution is 6.35. The Kier molecular flexibility index (Phi) is 3.23. The fraction of sp³-hybridized carbons (Fsp3) is 0.211. The first-order valence-electron chi connectivity index (χ1n) is 7.95. The summed E-state index contributed by atoms with van der Waals surface area (Å²) < 4.78 is 0. The van der Waals surface area contributed by atoms with Crippen molar-refractivity contribution in [3.63, 3.8) is 0 Å². The minimum Gasteiger partial charge on any atom is -0.339 e. The van der Waals surface area contributed by atoms with Gasteiger partial charge in [-0.1, -0.05) is 18.2 Å². The van der Waals surface area contributed by atoms with Gasteiger partial charge in [-0.25, -0.2) is 4.90 Å². The Hall–Kier alpha value is -2.95. The number of carbonyl (C=O) groups is 3. The van der Waals surface area contributed by atoms with E-state index in [2.05, 4.69) is 0 Å². The summed E-state index contributed by atoms with van der Waals surface area (Å²) in [5.74, 6) is -0.798. The van der Waals surface area contributed by atoms with E-state index in [1.807, 2.05) is 19.1 Å². The van der Waals surface area contributed by atoms with E-state index in [4.69, 9.17) is 0 Å². The molecule has 2 aromatic carbocycles. The number of nitrogens with zero attached hydrogens (tertiary/aromatic N) is 2. The van der Waals surface area contributed by atoms with E-state index in [9.17, 15) is 14.4 Å². The van der Waals surface area contributed by atoms with Crippen LogP contribution in [0, 0.1) is 6.92 Å². The molecule has 2 aliphatic heterocycles. The fourth-order valence-electron chi connectivity index (χ4n) is 3.11. The molecule has 4 rings (SSSR count). The number of amides is 3. The first-order valence-corrected chi connectivity index (χ1v) is 7.95. The molecule has 3 amide bonds. The zero-order chi connectivity index (χ0) is 16.8. The molecule has 0 atom stereocenters. The van der Waals surface area contributed by atoms with Crippen LogP contribution < -0.4 is 4.90 Å². The molecule has 0 radical (unpaired) electrons. The molecule has 0 bridgehead atoms. The average Bonchev–Trinajstić information content (AvgIpc) is 2.77. The third-order valence-corrected chi connectivity index (χ3v) is 4.63. The smallest absolute Gasteiger partial charge is 0.266 e. The normalized spacial score (nSPS) is 16.2. The topological polar surface area (TPSA) is 57.7 Å². The third kappa shape index (κ3) is 2.05. The minimum atomic E-state index is -0.373. The summed E-state index contributed by atoms with van der Waals surface area (Å²) in [5, 5.41) is 0. The lowest BCUT2D eigenvalue weighted by Crippen LogP contribution is -2.42. The maximum absolute atomic E-state index is 12.8. The number of carbonyl (C=O) groups excluding carboxylic acids is 3. The van der Waals surface area contributed by atoms with E-state index in [1.54, 1.807) is 35.2 Å². The van der Waals surface area contributed by atoms with Crippen molar-refractivity contribution in [3.8, 4) is 0 Å². The van der Waals surface area contributed by atoms with Crippen LogP contribution in [-0.2, 0) is 0 Å². The summed E-state index contributed by atoms with van der Waals surface area (Å²) in [4.78, 5) is 40.7. The van der Waals surface area contributed by atoms with Gasteiger partial charge in [0.15, 0.2) is 0 Å². The number of rotatable bonds is 2. The van der Waals surface area contributed by atoms with Crippen LogP contribution in [0.4, 0.5) is 5.69 Å². The monoisotopic (exact) mass is 320 g/mol. The SMILES string of the molecule is Cc1ccccc1N1C(=O)c2ccc(C(=O)N3CCC3)cc2C1=O. The van der Waals surface area contributed by atoms with E-state index < -0.39 is 0 Å². The molecule has 5 heteroatoms. The number of hydrogen-bond donors (Lipinski definition) is 0. The predicted molar refractivity (Wildman–Crippen MR) is 89.3 cm³/mol. The first kappa shape index (κ1) is 14.6. The summed E-state index contributed by atoms with van der Waals surface area (Å²) in [6.45, 7) is 3.36. The standard InChI is InChI=1S/C19H16N2O3/c1-12-5-2-3-6-16(12)21-18(23)14-8-7-13(11-15(14)19(21)24)17(22)20-9-4-10-20/h2-3,5-8,11H,4,9-10H2,1H3. The van der Waals surface area contributed by atoms with Crippen molar-refractivity contribution in [2.24, 2.45) is 0 Å². The van der Waals surface area contributed by atoms with Gasteiger partial charge in [-0.05, 0) is 43.2 Å². The first-order chi connectivity index (χ1) is 11.6. The number of imide groups is 1. The van der Waals surface area contributed by atoms with Crippen molar-refractivity contribution in [2.45, 2.75) is 13.3 Å². The minimum absolute atomic E-state index is 0.0846. The van der Waals surface area contributed by atoms with Crippen LogP contribution >= 0.6 is 0 Å². The second-order valence-corrected chi connectivity index (χ2v) is 6.14. The Morgan fingerprint density at radius 2 is 1.67 bits per heavy atom.